The standard InChI is InChI=1S/C14H29N3O/c1-11(2)12(15)9-13(18)16-10-14(3)5-7-17(4)8-6-14/h11-12H,5-10,15H2,1-4H3,(H,16,18). The molecule has 1 fully saturated rings. The molecule has 1 atom stereocenters. The van der Waals surface area contributed by atoms with E-state index in [0.717, 1.165) is 32.5 Å². The van der Waals surface area contributed by atoms with Crippen LogP contribution in [0, 0.1) is 11.3 Å². The molecule has 3 N–H and O–H groups in total. The average Bonchev–Trinajstić information content (AvgIpc) is 2.31. The summed E-state index contributed by atoms with van der Waals surface area (Å²) in [6.07, 6.45) is 2.74. The molecule has 106 valence electrons. The third-order valence-corrected chi connectivity index (χ3v) is 4.18. The lowest BCUT2D eigenvalue weighted by Gasteiger charge is -2.38. The van der Waals surface area contributed by atoms with Gasteiger partial charge in [0.1, 0.15) is 0 Å². The average molecular weight is 255 g/mol. The molecule has 4 nitrogen and oxygen atoms in total. The highest BCUT2D eigenvalue weighted by Crippen LogP contribution is 2.29. The molecule has 18 heavy (non-hydrogen) atoms. The van der Waals surface area contributed by atoms with Gasteiger partial charge in [0, 0.05) is 19.0 Å². The number of nitrogens with one attached hydrogen (secondary N) is 1. The summed E-state index contributed by atoms with van der Waals surface area (Å²) >= 11 is 0. The molecule has 1 saturated heterocycles. The highest BCUT2D eigenvalue weighted by atomic mass is 16.1. The van der Waals surface area contributed by atoms with E-state index in [9.17, 15) is 4.79 Å². The van der Waals surface area contributed by atoms with E-state index in [4.69, 9.17) is 5.73 Å². The fourth-order valence-electron chi connectivity index (χ4n) is 2.17. The maximum absolute atomic E-state index is 11.8. The molecule has 0 saturated carbocycles. The Morgan fingerprint density at radius 3 is 2.44 bits per heavy atom. The van der Waals surface area contributed by atoms with Crippen LogP contribution in [0.15, 0.2) is 0 Å². The van der Waals surface area contributed by atoms with E-state index >= 15 is 0 Å². The molecule has 0 aromatic carbocycles. The SMILES string of the molecule is CC(C)C(N)CC(=O)NCC1(C)CCN(C)CC1. The van der Waals surface area contributed by atoms with Crippen LogP contribution < -0.4 is 11.1 Å². The van der Waals surface area contributed by atoms with E-state index in [0.29, 0.717) is 12.3 Å². The molecule has 0 radical (unpaired) electrons. The second kappa shape index (κ2) is 6.53. The van der Waals surface area contributed by atoms with Gasteiger partial charge >= 0.3 is 0 Å². The minimum absolute atomic E-state index is 0.0321. The van der Waals surface area contributed by atoms with Crippen molar-refractivity contribution in [3.8, 4) is 0 Å². The van der Waals surface area contributed by atoms with Crippen molar-refractivity contribution < 1.29 is 4.79 Å². The summed E-state index contributed by atoms with van der Waals surface area (Å²) < 4.78 is 0. The molecule has 1 aliphatic heterocycles. The molecular formula is C14H29N3O. The summed E-state index contributed by atoms with van der Waals surface area (Å²) in [7, 11) is 2.15. The lowest BCUT2D eigenvalue weighted by atomic mass is 9.80. The van der Waals surface area contributed by atoms with Crippen LogP contribution in [0.25, 0.3) is 0 Å². The normalized spacial score (nSPS) is 21.9. The molecular weight excluding hydrogens is 226 g/mol. The van der Waals surface area contributed by atoms with Crippen LogP contribution in [-0.4, -0.2) is 43.5 Å². The van der Waals surface area contributed by atoms with Crippen LogP contribution in [0.2, 0.25) is 0 Å². The highest BCUT2D eigenvalue weighted by molar-refractivity contribution is 5.76. The number of amides is 1. The number of piperidine rings is 1. The predicted octanol–water partition coefficient (Wildman–Crippen LogP) is 1.21. The number of hydrogen-bond acceptors (Lipinski definition) is 3. The van der Waals surface area contributed by atoms with Crippen molar-refractivity contribution in [2.75, 3.05) is 26.7 Å². The van der Waals surface area contributed by atoms with E-state index in [-0.39, 0.29) is 17.4 Å². The Balaban J connectivity index is 2.29. The van der Waals surface area contributed by atoms with E-state index in [2.05, 4.69) is 38.0 Å². The summed E-state index contributed by atoms with van der Waals surface area (Å²) in [5.74, 6) is 0.450. The lowest BCUT2D eigenvalue weighted by Crippen LogP contribution is -2.44. The first-order valence-electron chi connectivity index (χ1n) is 7.03. The molecule has 4 heteroatoms. The number of likely N-dealkylation sites (tertiary alicyclic amines) is 1. The van der Waals surface area contributed by atoms with Gasteiger partial charge in [0.2, 0.25) is 5.91 Å². The van der Waals surface area contributed by atoms with Crippen LogP contribution in [0.5, 0.6) is 0 Å². The number of hydrogen-bond donors (Lipinski definition) is 2. The van der Waals surface area contributed by atoms with Crippen LogP contribution in [-0.2, 0) is 4.79 Å². The van der Waals surface area contributed by atoms with Gasteiger partial charge in [-0.15, -0.1) is 0 Å². The fraction of sp³-hybridized carbons (Fsp3) is 0.929. The van der Waals surface area contributed by atoms with Crippen LogP contribution in [0.3, 0.4) is 0 Å². The largest absolute Gasteiger partial charge is 0.356 e. The summed E-state index contributed by atoms with van der Waals surface area (Å²) in [6.45, 7) is 9.40. The zero-order valence-corrected chi connectivity index (χ0v) is 12.3. The van der Waals surface area contributed by atoms with Gasteiger partial charge < -0.3 is 16.0 Å². The van der Waals surface area contributed by atoms with Crippen molar-refractivity contribution in [3.63, 3.8) is 0 Å². The zero-order chi connectivity index (χ0) is 13.8. The molecule has 1 aliphatic rings. The van der Waals surface area contributed by atoms with Gasteiger partial charge in [0.05, 0.1) is 0 Å². The summed E-state index contributed by atoms with van der Waals surface area (Å²) in [6, 6.07) is -0.0321. The van der Waals surface area contributed by atoms with Crippen LogP contribution in [0.1, 0.15) is 40.0 Å². The summed E-state index contributed by atoms with van der Waals surface area (Å²) in [5.41, 5.74) is 6.16. The highest BCUT2D eigenvalue weighted by Gasteiger charge is 2.29. The van der Waals surface area contributed by atoms with Gasteiger partial charge in [0.25, 0.3) is 0 Å². The maximum atomic E-state index is 11.8. The smallest absolute Gasteiger partial charge is 0.221 e. The molecule has 0 aliphatic carbocycles. The number of carbonyl (C=O) groups excluding carboxylic acids is 1. The Morgan fingerprint density at radius 2 is 1.94 bits per heavy atom. The third-order valence-electron chi connectivity index (χ3n) is 4.18. The quantitative estimate of drug-likeness (QED) is 0.776. The Bertz CT molecular complexity index is 270. The molecule has 0 aromatic heterocycles. The van der Waals surface area contributed by atoms with E-state index in [1.165, 1.54) is 0 Å². The number of rotatable bonds is 5. The van der Waals surface area contributed by atoms with Crippen LogP contribution in [0.4, 0.5) is 0 Å². The fourth-order valence-corrected chi connectivity index (χ4v) is 2.17. The van der Waals surface area contributed by atoms with Gasteiger partial charge in [-0.05, 0) is 44.3 Å². The second-order valence-corrected chi connectivity index (χ2v) is 6.50. The van der Waals surface area contributed by atoms with Gasteiger partial charge in [0.15, 0.2) is 0 Å². The number of nitrogens with two attached hydrogens (primary N) is 1. The Kier molecular flexibility index (Phi) is 5.60. The van der Waals surface area contributed by atoms with E-state index in [1.54, 1.807) is 0 Å². The second-order valence-electron chi connectivity index (χ2n) is 6.50. The zero-order valence-electron chi connectivity index (χ0n) is 12.3. The van der Waals surface area contributed by atoms with E-state index in [1.807, 2.05) is 0 Å². The molecule has 0 spiro atoms. The topological polar surface area (TPSA) is 58.4 Å². The summed E-state index contributed by atoms with van der Waals surface area (Å²) in [5, 5.41) is 3.06. The van der Waals surface area contributed by atoms with Gasteiger partial charge in [-0.3, -0.25) is 4.79 Å². The minimum atomic E-state index is -0.0321. The molecule has 1 amide bonds. The predicted molar refractivity (Wildman–Crippen MR) is 75.3 cm³/mol. The first kappa shape index (κ1) is 15.4. The molecule has 0 aromatic rings. The monoisotopic (exact) mass is 255 g/mol. The Hall–Kier alpha value is -0.610. The molecule has 1 unspecified atom stereocenters. The van der Waals surface area contributed by atoms with Crippen molar-refractivity contribution in [2.24, 2.45) is 17.1 Å². The van der Waals surface area contributed by atoms with Gasteiger partial charge in [-0.2, -0.15) is 0 Å². The number of nitrogens with zero attached hydrogens (tertiary/aromatic N) is 1. The van der Waals surface area contributed by atoms with Crippen molar-refractivity contribution >= 4 is 5.91 Å². The van der Waals surface area contributed by atoms with Gasteiger partial charge in [-0.1, -0.05) is 20.8 Å². The first-order valence-corrected chi connectivity index (χ1v) is 7.03. The lowest BCUT2D eigenvalue weighted by molar-refractivity contribution is -0.122. The van der Waals surface area contributed by atoms with Crippen molar-refractivity contribution in [1.82, 2.24) is 10.2 Å². The minimum Gasteiger partial charge on any atom is -0.356 e. The number of carbonyl (C=O) groups is 1. The van der Waals surface area contributed by atoms with E-state index < -0.39 is 0 Å². The first-order chi connectivity index (χ1) is 8.32. The maximum Gasteiger partial charge on any atom is 0.221 e. The van der Waals surface area contributed by atoms with Crippen LogP contribution >= 0.6 is 0 Å². The van der Waals surface area contributed by atoms with Crippen molar-refractivity contribution in [1.29, 1.82) is 0 Å². The van der Waals surface area contributed by atoms with Crippen molar-refractivity contribution in [3.05, 3.63) is 0 Å². The molecule has 1 heterocycles. The molecule has 1 rings (SSSR count). The Labute approximate surface area is 111 Å². The molecule has 0 bridgehead atoms. The summed E-state index contributed by atoms with van der Waals surface area (Å²) in [4.78, 5) is 14.2. The van der Waals surface area contributed by atoms with Crippen molar-refractivity contribution in [2.45, 2.75) is 46.1 Å². The third kappa shape index (κ3) is 4.94. The Morgan fingerprint density at radius 1 is 1.39 bits per heavy atom. The van der Waals surface area contributed by atoms with Gasteiger partial charge in [-0.25, -0.2) is 0 Å².